The number of anilines is 1. The molecule has 1 heterocycles. The van der Waals surface area contributed by atoms with Crippen molar-refractivity contribution in [2.45, 2.75) is 6.92 Å². The number of carboxylic acids is 1. The van der Waals surface area contributed by atoms with E-state index in [2.05, 4.69) is 10.3 Å². The lowest BCUT2D eigenvalue weighted by molar-refractivity contribution is -0.133. The molecule has 6 heteroatoms. The van der Waals surface area contributed by atoms with E-state index < -0.39 is 5.97 Å². The summed E-state index contributed by atoms with van der Waals surface area (Å²) in [6.07, 6.45) is 1.56. The highest BCUT2D eigenvalue weighted by molar-refractivity contribution is 8.00. The van der Waals surface area contributed by atoms with Gasteiger partial charge in [0.2, 0.25) is 5.91 Å². The van der Waals surface area contributed by atoms with Crippen LogP contribution >= 0.6 is 11.8 Å². The van der Waals surface area contributed by atoms with Gasteiger partial charge in [0.05, 0.1) is 23.4 Å². The van der Waals surface area contributed by atoms with Crippen LogP contribution in [0.4, 0.5) is 5.69 Å². The average Bonchev–Trinajstić information content (AvgIpc) is 2.21. The molecule has 0 bridgehead atoms. The van der Waals surface area contributed by atoms with Crippen molar-refractivity contribution < 1.29 is 14.7 Å². The lowest BCUT2D eigenvalue weighted by Gasteiger charge is -2.03. The number of hydrogen-bond donors (Lipinski definition) is 2. The molecule has 1 amide bonds. The van der Waals surface area contributed by atoms with Crippen LogP contribution in [-0.4, -0.2) is 33.5 Å². The third kappa shape index (κ3) is 4.79. The number of pyridine rings is 1. The number of rotatable bonds is 5. The monoisotopic (exact) mass is 240 g/mol. The highest BCUT2D eigenvalue weighted by Gasteiger charge is 2.04. The van der Waals surface area contributed by atoms with Crippen molar-refractivity contribution in [2.75, 3.05) is 16.8 Å². The second-order valence-corrected chi connectivity index (χ2v) is 4.11. The largest absolute Gasteiger partial charge is 0.481 e. The topological polar surface area (TPSA) is 79.3 Å². The average molecular weight is 240 g/mol. The SMILES string of the molecule is Cc1ccc(NC(=O)CSCC(=O)O)cn1. The highest BCUT2D eigenvalue weighted by Crippen LogP contribution is 2.07. The van der Waals surface area contributed by atoms with Gasteiger partial charge >= 0.3 is 5.97 Å². The van der Waals surface area contributed by atoms with Crippen LogP contribution in [-0.2, 0) is 9.59 Å². The fraction of sp³-hybridized carbons (Fsp3) is 0.300. The molecule has 86 valence electrons. The van der Waals surface area contributed by atoms with Gasteiger partial charge in [0.1, 0.15) is 0 Å². The number of thioether (sulfide) groups is 1. The number of aliphatic carboxylic acids is 1. The number of nitrogens with zero attached hydrogens (tertiary/aromatic N) is 1. The normalized spacial score (nSPS) is 9.81. The van der Waals surface area contributed by atoms with Gasteiger partial charge in [-0.25, -0.2) is 0 Å². The zero-order valence-corrected chi connectivity index (χ0v) is 9.58. The van der Waals surface area contributed by atoms with Crippen LogP contribution in [0.15, 0.2) is 18.3 Å². The molecule has 0 saturated carbocycles. The molecule has 2 N–H and O–H groups in total. The molecular weight excluding hydrogens is 228 g/mol. The van der Waals surface area contributed by atoms with Crippen LogP contribution in [0, 0.1) is 6.92 Å². The minimum atomic E-state index is -0.921. The Morgan fingerprint density at radius 2 is 2.19 bits per heavy atom. The first kappa shape index (κ1) is 12.5. The molecule has 0 aliphatic heterocycles. The number of aryl methyl sites for hydroxylation is 1. The summed E-state index contributed by atoms with van der Waals surface area (Å²) in [7, 11) is 0. The van der Waals surface area contributed by atoms with Gasteiger partial charge in [-0.3, -0.25) is 14.6 Å². The fourth-order valence-corrected chi connectivity index (χ4v) is 1.50. The Labute approximate surface area is 97.3 Å². The second kappa shape index (κ2) is 6.12. The minimum Gasteiger partial charge on any atom is -0.481 e. The summed E-state index contributed by atoms with van der Waals surface area (Å²) in [5, 5.41) is 11.0. The van der Waals surface area contributed by atoms with E-state index in [9.17, 15) is 9.59 Å². The van der Waals surface area contributed by atoms with Gasteiger partial charge in [-0.15, -0.1) is 11.8 Å². The molecule has 5 nitrogen and oxygen atoms in total. The molecule has 16 heavy (non-hydrogen) atoms. The molecule has 0 atom stereocenters. The maximum Gasteiger partial charge on any atom is 0.313 e. The van der Waals surface area contributed by atoms with Gasteiger partial charge in [0, 0.05) is 5.69 Å². The van der Waals surface area contributed by atoms with Gasteiger partial charge in [-0.05, 0) is 19.1 Å². The Morgan fingerprint density at radius 3 is 2.75 bits per heavy atom. The predicted octanol–water partition coefficient (Wildman–Crippen LogP) is 1.15. The summed E-state index contributed by atoms with van der Waals surface area (Å²) >= 11 is 1.06. The second-order valence-electron chi connectivity index (χ2n) is 3.12. The standard InChI is InChI=1S/C10H12N2O3S/c1-7-2-3-8(4-11-7)12-9(13)5-16-6-10(14)15/h2-4H,5-6H2,1H3,(H,12,13)(H,14,15). The third-order valence-electron chi connectivity index (χ3n) is 1.65. The molecule has 0 radical (unpaired) electrons. The first-order chi connectivity index (χ1) is 7.58. The Hall–Kier alpha value is -1.56. The van der Waals surface area contributed by atoms with E-state index in [1.54, 1.807) is 18.3 Å². The number of hydrogen-bond acceptors (Lipinski definition) is 4. The smallest absolute Gasteiger partial charge is 0.313 e. The van der Waals surface area contributed by atoms with E-state index in [0.717, 1.165) is 17.5 Å². The van der Waals surface area contributed by atoms with Crippen molar-refractivity contribution in [3.05, 3.63) is 24.0 Å². The van der Waals surface area contributed by atoms with Crippen molar-refractivity contribution in [3.63, 3.8) is 0 Å². The van der Waals surface area contributed by atoms with Crippen molar-refractivity contribution in [1.29, 1.82) is 0 Å². The van der Waals surface area contributed by atoms with Gasteiger partial charge < -0.3 is 10.4 Å². The molecule has 0 aliphatic rings. The lowest BCUT2D eigenvalue weighted by Crippen LogP contribution is -2.15. The first-order valence-corrected chi connectivity index (χ1v) is 5.75. The molecular formula is C10H12N2O3S. The third-order valence-corrected chi connectivity index (χ3v) is 2.57. The van der Waals surface area contributed by atoms with Crippen molar-refractivity contribution >= 4 is 29.3 Å². The zero-order valence-electron chi connectivity index (χ0n) is 8.77. The molecule has 0 saturated heterocycles. The molecule has 0 spiro atoms. The summed E-state index contributed by atoms with van der Waals surface area (Å²) in [6.45, 7) is 1.86. The van der Waals surface area contributed by atoms with Crippen LogP contribution in [0.1, 0.15) is 5.69 Å². The van der Waals surface area contributed by atoms with Crippen LogP contribution in [0.2, 0.25) is 0 Å². The number of aromatic nitrogens is 1. The number of carboxylic acid groups (broad SMARTS) is 1. The summed E-state index contributed by atoms with van der Waals surface area (Å²) in [5.41, 5.74) is 1.49. The van der Waals surface area contributed by atoms with Crippen molar-refractivity contribution in [1.82, 2.24) is 4.98 Å². The van der Waals surface area contributed by atoms with Crippen molar-refractivity contribution in [3.8, 4) is 0 Å². The Bertz CT molecular complexity index is 378. The quantitative estimate of drug-likeness (QED) is 0.807. The fourth-order valence-electron chi connectivity index (χ4n) is 0.970. The molecule has 0 unspecified atom stereocenters. The first-order valence-electron chi connectivity index (χ1n) is 4.60. The van der Waals surface area contributed by atoms with Crippen LogP contribution in [0.5, 0.6) is 0 Å². The molecule has 1 aromatic rings. The van der Waals surface area contributed by atoms with E-state index in [1.807, 2.05) is 6.92 Å². The minimum absolute atomic E-state index is 0.0699. The Balaban J connectivity index is 2.34. The number of amides is 1. The number of carbonyl (C=O) groups is 2. The van der Waals surface area contributed by atoms with Crippen LogP contribution in [0.25, 0.3) is 0 Å². The number of carbonyl (C=O) groups excluding carboxylic acids is 1. The zero-order chi connectivity index (χ0) is 12.0. The molecule has 1 aromatic heterocycles. The summed E-state index contributed by atoms with van der Waals surface area (Å²) in [6, 6.07) is 3.54. The summed E-state index contributed by atoms with van der Waals surface area (Å²) in [4.78, 5) is 25.6. The van der Waals surface area contributed by atoms with E-state index >= 15 is 0 Å². The Kier molecular flexibility index (Phi) is 4.78. The van der Waals surface area contributed by atoms with E-state index in [4.69, 9.17) is 5.11 Å². The summed E-state index contributed by atoms with van der Waals surface area (Å²) < 4.78 is 0. The highest BCUT2D eigenvalue weighted by atomic mass is 32.2. The number of nitrogens with one attached hydrogen (secondary N) is 1. The van der Waals surface area contributed by atoms with E-state index in [1.165, 1.54) is 0 Å². The predicted molar refractivity (Wildman–Crippen MR) is 62.6 cm³/mol. The van der Waals surface area contributed by atoms with Crippen LogP contribution in [0.3, 0.4) is 0 Å². The molecule has 1 rings (SSSR count). The van der Waals surface area contributed by atoms with Gasteiger partial charge in [0.25, 0.3) is 0 Å². The van der Waals surface area contributed by atoms with Gasteiger partial charge in [-0.2, -0.15) is 0 Å². The lowest BCUT2D eigenvalue weighted by atomic mass is 10.3. The van der Waals surface area contributed by atoms with Crippen LogP contribution < -0.4 is 5.32 Å². The van der Waals surface area contributed by atoms with E-state index in [-0.39, 0.29) is 17.4 Å². The molecule has 0 fully saturated rings. The van der Waals surface area contributed by atoms with Gasteiger partial charge in [-0.1, -0.05) is 0 Å². The van der Waals surface area contributed by atoms with Crippen molar-refractivity contribution in [2.24, 2.45) is 0 Å². The molecule has 0 aliphatic carbocycles. The maximum absolute atomic E-state index is 11.3. The molecule has 0 aromatic carbocycles. The van der Waals surface area contributed by atoms with E-state index in [0.29, 0.717) is 5.69 Å². The Morgan fingerprint density at radius 1 is 1.44 bits per heavy atom. The maximum atomic E-state index is 11.3. The van der Waals surface area contributed by atoms with Gasteiger partial charge in [0.15, 0.2) is 0 Å². The summed E-state index contributed by atoms with van der Waals surface area (Å²) in [5.74, 6) is -1.09.